The van der Waals surface area contributed by atoms with Crippen molar-refractivity contribution >= 4 is 10.0 Å². The number of hydrogen-bond donors (Lipinski definition) is 0. The summed E-state index contributed by atoms with van der Waals surface area (Å²) in [6.45, 7) is 5.65. The zero-order valence-corrected chi connectivity index (χ0v) is 12.0. The summed E-state index contributed by atoms with van der Waals surface area (Å²) in [7, 11) is -2.09. The highest BCUT2D eigenvalue weighted by molar-refractivity contribution is 7.89. The molecule has 98 valence electrons. The van der Waals surface area contributed by atoms with Gasteiger partial charge in [-0.25, -0.2) is 8.42 Å². The zero-order valence-electron chi connectivity index (χ0n) is 11.1. The number of benzene rings is 1. The van der Waals surface area contributed by atoms with E-state index in [1.165, 1.54) is 16.4 Å². The first-order chi connectivity index (χ1) is 8.27. The second-order valence-corrected chi connectivity index (χ2v) is 6.68. The molecule has 5 heteroatoms. The van der Waals surface area contributed by atoms with E-state index in [-0.39, 0.29) is 10.5 Å². The van der Waals surface area contributed by atoms with Gasteiger partial charge in [-0.3, -0.25) is 0 Å². The van der Waals surface area contributed by atoms with Crippen molar-refractivity contribution in [3.05, 3.63) is 29.8 Å². The van der Waals surface area contributed by atoms with Crippen LogP contribution in [0.25, 0.3) is 0 Å². The normalized spacial score (nSPS) is 12.4. The summed E-state index contributed by atoms with van der Waals surface area (Å²) < 4.78 is 26.3. The van der Waals surface area contributed by atoms with E-state index < -0.39 is 15.6 Å². The first-order valence-corrected chi connectivity index (χ1v) is 7.19. The number of rotatable bonds is 4. The van der Waals surface area contributed by atoms with E-state index in [4.69, 9.17) is 5.26 Å². The lowest BCUT2D eigenvalue weighted by molar-refractivity contribution is 0.257. The lowest BCUT2D eigenvalue weighted by atomic mass is 10.0. The fourth-order valence-electron chi connectivity index (χ4n) is 1.48. The van der Waals surface area contributed by atoms with Crippen LogP contribution in [0.15, 0.2) is 29.2 Å². The van der Waals surface area contributed by atoms with Crippen LogP contribution in [-0.4, -0.2) is 25.3 Å². The van der Waals surface area contributed by atoms with Gasteiger partial charge in [-0.05, 0) is 32.4 Å². The molecule has 0 saturated heterocycles. The van der Waals surface area contributed by atoms with Crippen molar-refractivity contribution in [3.63, 3.8) is 0 Å². The molecule has 0 bridgehead atoms. The summed E-state index contributed by atoms with van der Waals surface area (Å²) in [6, 6.07) is 8.18. The van der Waals surface area contributed by atoms with Crippen molar-refractivity contribution in [3.8, 4) is 6.07 Å². The lowest BCUT2D eigenvalue weighted by Gasteiger charge is -2.33. The molecule has 1 rings (SSSR count). The van der Waals surface area contributed by atoms with Gasteiger partial charge in [0.2, 0.25) is 10.0 Å². The van der Waals surface area contributed by atoms with E-state index in [0.717, 1.165) is 0 Å². The SMILES string of the molecule is CCC(C)(C)N(C)S(=O)(=O)c1ccccc1C#N. The van der Waals surface area contributed by atoms with E-state index in [2.05, 4.69) is 0 Å². The van der Waals surface area contributed by atoms with Crippen LogP contribution in [0.1, 0.15) is 32.8 Å². The van der Waals surface area contributed by atoms with Gasteiger partial charge in [-0.2, -0.15) is 9.57 Å². The van der Waals surface area contributed by atoms with E-state index in [1.54, 1.807) is 19.2 Å². The molecule has 0 saturated carbocycles. The van der Waals surface area contributed by atoms with E-state index in [9.17, 15) is 8.42 Å². The van der Waals surface area contributed by atoms with Crippen LogP contribution in [0.4, 0.5) is 0 Å². The Morgan fingerprint density at radius 1 is 1.33 bits per heavy atom. The summed E-state index contributed by atoms with van der Waals surface area (Å²) >= 11 is 0. The third-order valence-electron chi connectivity index (χ3n) is 3.36. The fraction of sp³-hybridized carbons (Fsp3) is 0.462. The monoisotopic (exact) mass is 266 g/mol. The molecular formula is C13H18N2O2S. The Kier molecular flexibility index (Phi) is 4.15. The van der Waals surface area contributed by atoms with Gasteiger partial charge in [0.1, 0.15) is 6.07 Å². The maximum Gasteiger partial charge on any atom is 0.244 e. The second kappa shape index (κ2) is 5.09. The Morgan fingerprint density at radius 3 is 2.39 bits per heavy atom. The van der Waals surface area contributed by atoms with Gasteiger partial charge in [0.05, 0.1) is 10.5 Å². The quantitative estimate of drug-likeness (QED) is 0.840. The predicted molar refractivity (Wildman–Crippen MR) is 70.5 cm³/mol. The van der Waals surface area contributed by atoms with Crippen LogP contribution in [0.2, 0.25) is 0 Å². The van der Waals surface area contributed by atoms with Crippen LogP contribution in [0.5, 0.6) is 0 Å². The Balaban J connectivity index is 3.36. The van der Waals surface area contributed by atoms with Crippen LogP contribution in [0.3, 0.4) is 0 Å². The van der Waals surface area contributed by atoms with Gasteiger partial charge in [-0.15, -0.1) is 0 Å². The maximum atomic E-state index is 12.5. The van der Waals surface area contributed by atoms with Crippen LogP contribution >= 0.6 is 0 Å². The standard InChI is InChI=1S/C13H18N2O2S/c1-5-13(2,3)15(4)18(16,17)12-9-7-6-8-11(12)10-14/h6-9H,5H2,1-4H3. The van der Waals surface area contributed by atoms with Gasteiger partial charge < -0.3 is 0 Å². The molecule has 0 heterocycles. The number of sulfonamides is 1. The molecule has 0 aliphatic heterocycles. The number of hydrogen-bond acceptors (Lipinski definition) is 3. The summed E-state index contributed by atoms with van der Waals surface area (Å²) in [6.07, 6.45) is 0.692. The number of nitriles is 1. The van der Waals surface area contributed by atoms with E-state index in [0.29, 0.717) is 6.42 Å². The fourth-order valence-corrected chi connectivity index (χ4v) is 3.20. The summed E-state index contributed by atoms with van der Waals surface area (Å²) in [5, 5.41) is 8.99. The molecule has 4 nitrogen and oxygen atoms in total. The Labute approximate surface area is 109 Å². The van der Waals surface area contributed by atoms with Crippen LogP contribution in [-0.2, 0) is 10.0 Å². The Bertz CT molecular complexity index is 571. The third kappa shape index (κ3) is 2.55. The first kappa shape index (κ1) is 14.7. The van der Waals surface area contributed by atoms with Crippen molar-refractivity contribution in [2.75, 3.05) is 7.05 Å². The lowest BCUT2D eigenvalue weighted by Crippen LogP contribution is -2.44. The minimum atomic E-state index is -3.64. The highest BCUT2D eigenvalue weighted by Gasteiger charge is 2.33. The third-order valence-corrected chi connectivity index (χ3v) is 5.49. The van der Waals surface area contributed by atoms with Gasteiger partial charge >= 0.3 is 0 Å². The summed E-state index contributed by atoms with van der Waals surface area (Å²) in [4.78, 5) is 0.0662. The average molecular weight is 266 g/mol. The topological polar surface area (TPSA) is 61.2 Å². The van der Waals surface area contributed by atoms with Gasteiger partial charge in [0.25, 0.3) is 0 Å². The molecule has 1 aromatic rings. The van der Waals surface area contributed by atoms with Crippen molar-refractivity contribution in [1.82, 2.24) is 4.31 Å². The molecule has 18 heavy (non-hydrogen) atoms. The Morgan fingerprint density at radius 2 is 1.89 bits per heavy atom. The van der Waals surface area contributed by atoms with Crippen molar-refractivity contribution in [2.45, 2.75) is 37.6 Å². The molecule has 0 radical (unpaired) electrons. The smallest absolute Gasteiger partial charge is 0.207 e. The van der Waals surface area contributed by atoms with Gasteiger partial charge in [0.15, 0.2) is 0 Å². The molecule has 0 aliphatic rings. The van der Waals surface area contributed by atoms with Crippen molar-refractivity contribution in [1.29, 1.82) is 5.26 Å². The predicted octanol–water partition coefficient (Wildman–Crippen LogP) is 2.37. The van der Waals surface area contributed by atoms with Crippen molar-refractivity contribution < 1.29 is 8.42 Å². The molecule has 0 atom stereocenters. The molecule has 0 aliphatic carbocycles. The van der Waals surface area contributed by atoms with Gasteiger partial charge in [0, 0.05) is 12.6 Å². The molecule has 0 N–H and O–H groups in total. The average Bonchev–Trinajstić information content (AvgIpc) is 2.37. The summed E-state index contributed by atoms with van der Waals surface area (Å²) in [5.74, 6) is 0. The largest absolute Gasteiger partial charge is 0.244 e. The molecule has 0 spiro atoms. The molecule has 0 amide bonds. The highest BCUT2D eigenvalue weighted by Crippen LogP contribution is 2.26. The maximum absolute atomic E-state index is 12.5. The van der Waals surface area contributed by atoms with E-state index in [1.807, 2.05) is 26.8 Å². The Hall–Kier alpha value is -1.38. The number of nitrogens with zero attached hydrogens (tertiary/aromatic N) is 2. The highest BCUT2D eigenvalue weighted by atomic mass is 32.2. The molecule has 0 unspecified atom stereocenters. The minimum absolute atomic E-state index is 0.0662. The van der Waals surface area contributed by atoms with E-state index >= 15 is 0 Å². The first-order valence-electron chi connectivity index (χ1n) is 5.75. The molecule has 1 aromatic carbocycles. The van der Waals surface area contributed by atoms with Crippen LogP contribution in [0, 0.1) is 11.3 Å². The van der Waals surface area contributed by atoms with Crippen LogP contribution < -0.4 is 0 Å². The van der Waals surface area contributed by atoms with Crippen molar-refractivity contribution in [2.24, 2.45) is 0 Å². The molecule has 0 aromatic heterocycles. The summed E-state index contributed by atoms with van der Waals surface area (Å²) in [5.41, 5.74) is -0.308. The minimum Gasteiger partial charge on any atom is -0.207 e. The van der Waals surface area contributed by atoms with Gasteiger partial charge in [-0.1, -0.05) is 19.1 Å². The zero-order chi connectivity index (χ0) is 14.0. The second-order valence-electron chi connectivity index (χ2n) is 4.75. The molecular weight excluding hydrogens is 248 g/mol. The molecule has 0 fully saturated rings.